The summed E-state index contributed by atoms with van der Waals surface area (Å²) in [5.41, 5.74) is 6.16. The molecule has 0 radical (unpaired) electrons. The van der Waals surface area contributed by atoms with Gasteiger partial charge in [-0.2, -0.15) is 13.2 Å². The molecular weight excluding hydrogens is 357 g/mol. The van der Waals surface area contributed by atoms with Crippen LogP contribution in [-0.2, 0) is 12.6 Å². The summed E-state index contributed by atoms with van der Waals surface area (Å²) in [5.74, 6) is -0.472. The average Bonchev–Trinajstić information content (AvgIpc) is 2.64. The molecule has 0 saturated carbocycles. The summed E-state index contributed by atoms with van der Waals surface area (Å²) in [6, 6.07) is 11.8. The smallest absolute Gasteiger partial charge is 0.387 e. The van der Waals surface area contributed by atoms with Gasteiger partial charge in [-0.25, -0.2) is 0 Å². The Bertz CT molecular complexity index is 761. The van der Waals surface area contributed by atoms with Crippen LogP contribution in [0.3, 0.4) is 0 Å². The molecule has 0 aliphatic carbocycles. The van der Waals surface area contributed by atoms with Crippen molar-refractivity contribution in [2.45, 2.75) is 38.1 Å². The van der Waals surface area contributed by atoms with E-state index >= 15 is 0 Å². The van der Waals surface area contributed by atoms with Gasteiger partial charge in [-0.3, -0.25) is 4.79 Å². The lowest BCUT2D eigenvalue weighted by molar-refractivity contribution is -0.137. The van der Waals surface area contributed by atoms with E-state index < -0.39 is 23.8 Å². The van der Waals surface area contributed by atoms with Crippen molar-refractivity contribution in [2.75, 3.05) is 6.54 Å². The van der Waals surface area contributed by atoms with Crippen LogP contribution in [0.2, 0.25) is 0 Å². The van der Waals surface area contributed by atoms with Crippen LogP contribution in [0.5, 0.6) is 0 Å². The van der Waals surface area contributed by atoms with Gasteiger partial charge in [-0.15, -0.1) is 0 Å². The molecule has 146 valence electrons. The second-order valence-electron chi connectivity index (χ2n) is 6.55. The number of nitrogens with two attached hydrogens (primary N) is 1. The van der Waals surface area contributed by atoms with Crippen LogP contribution in [0.4, 0.5) is 13.2 Å². The van der Waals surface area contributed by atoms with Gasteiger partial charge in [0.2, 0.25) is 5.91 Å². The van der Waals surface area contributed by atoms with Crippen LogP contribution < -0.4 is 11.1 Å². The Labute approximate surface area is 156 Å². The maximum atomic E-state index is 12.8. The Kier molecular flexibility index (Phi) is 6.98. The number of alkyl halides is 3. The summed E-state index contributed by atoms with van der Waals surface area (Å²) in [5, 5.41) is 13.3. The number of carbonyl (C=O) groups excluding carboxylic acids is 1. The first-order chi connectivity index (χ1) is 12.7. The summed E-state index contributed by atoms with van der Waals surface area (Å²) < 4.78 is 38.3. The van der Waals surface area contributed by atoms with Crippen molar-refractivity contribution in [1.82, 2.24) is 5.32 Å². The molecule has 0 aliphatic heterocycles. The fraction of sp³-hybridized carbons (Fsp3) is 0.350. The molecular formula is C20H23F3N2O2. The normalized spacial score (nSPS) is 14.0. The first kappa shape index (κ1) is 20.9. The molecule has 4 nitrogen and oxygen atoms in total. The van der Waals surface area contributed by atoms with Crippen LogP contribution in [0.25, 0.3) is 0 Å². The van der Waals surface area contributed by atoms with Crippen LogP contribution in [0, 0.1) is 0 Å². The second-order valence-corrected chi connectivity index (χ2v) is 6.55. The molecule has 1 amide bonds. The number of hydrogen-bond acceptors (Lipinski definition) is 3. The lowest BCUT2D eigenvalue weighted by atomic mass is 10.0. The van der Waals surface area contributed by atoms with E-state index in [1.807, 2.05) is 19.1 Å². The molecule has 0 bridgehead atoms. The van der Waals surface area contributed by atoms with E-state index in [1.165, 1.54) is 12.1 Å². The van der Waals surface area contributed by atoms with Gasteiger partial charge in [-0.1, -0.05) is 24.3 Å². The third kappa shape index (κ3) is 6.37. The molecule has 2 aromatic carbocycles. The fourth-order valence-corrected chi connectivity index (χ4v) is 2.67. The van der Waals surface area contributed by atoms with Crippen LogP contribution >= 0.6 is 0 Å². The van der Waals surface area contributed by atoms with E-state index in [-0.39, 0.29) is 18.2 Å². The molecule has 2 rings (SSSR count). The number of benzene rings is 2. The zero-order valence-electron chi connectivity index (χ0n) is 15.0. The van der Waals surface area contributed by atoms with Crippen molar-refractivity contribution in [3.05, 3.63) is 70.8 Å². The first-order valence-corrected chi connectivity index (χ1v) is 8.64. The van der Waals surface area contributed by atoms with Gasteiger partial charge in [0.15, 0.2) is 0 Å². The zero-order chi connectivity index (χ0) is 20.0. The zero-order valence-corrected chi connectivity index (χ0v) is 15.0. The molecule has 0 fully saturated rings. The third-order valence-electron chi connectivity index (χ3n) is 4.36. The number of amides is 1. The predicted molar refractivity (Wildman–Crippen MR) is 97.1 cm³/mol. The summed E-state index contributed by atoms with van der Waals surface area (Å²) >= 11 is 0. The number of aliphatic hydroxyl groups excluding tert-OH is 1. The van der Waals surface area contributed by atoms with E-state index in [9.17, 15) is 23.1 Å². The largest absolute Gasteiger partial charge is 0.416 e. The number of primary amides is 1. The Morgan fingerprint density at radius 1 is 1.19 bits per heavy atom. The van der Waals surface area contributed by atoms with Gasteiger partial charge in [0.05, 0.1) is 11.7 Å². The standard InChI is InChI=1S/C20H23F3N2O2/c1-13(5-6-14-7-9-15(10-8-14)19(24)27)25-12-18(26)16-3-2-4-17(11-16)20(21,22)23/h2-4,7-11,13,18,25-26H,5-6,12H2,1H3,(H2,24,27)/t13-,18+/m1/s1. The molecule has 7 heteroatoms. The van der Waals surface area contributed by atoms with E-state index in [0.717, 1.165) is 30.5 Å². The molecule has 2 atom stereocenters. The molecule has 0 spiro atoms. The minimum absolute atomic E-state index is 0.0567. The van der Waals surface area contributed by atoms with Gasteiger partial charge < -0.3 is 16.2 Å². The molecule has 4 N–H and O–H groups in total. The maximum absolute atomic E-state index is 12.8. The molecule has 0 aromatic heterocycles. The van der Waals surface area contributed by atoms with Gasteiger partial charge in [-0.05, 0) is 55.2 Å². The van der Waals surface area contributed by atoms with Crippen molar-refractivity contribution < 1.29 is 23.1 Å². The van der Waals surface area contributed by atoms with E-state index in [2.05, 4.69) is 5.32 Å². The summed E-state index contributed by atoms with van der Waals surface area (Å²) in [6.07, 6.45) is -3.93. The molecule has 0 unspecified atom stereocenters. The number of aryl methyl sites for hydroxylation is 1. The predicted octanol–water partition coefficient (Wildman–Crippen LogP) is 3.45. The summed E-state index contributed by atoms with van der Waals surface area (Å²) in [6.45, 7) is 2.10. The molecule has 0 saturated heterocycles. The van der Waals surface area contributed by atoms with Crippen molar-refractivity contribution in [3.8, 4) is 0 Å². The summed E-state index contributed by atoms with van der Waals surface area (Å²) in [7, 11) is 0. The average molecular weight is 380 g/mol. The van der Waals surface area contributed by atoms with Gasteiger partial charge >= 0.3 is 6.18 Å². The lowest BCUT2D eigenvalue weighted by Gasteiger charge is -2.18. The molecule has 27 heavy (non-hydrogen) atoms. The topological polar surface area (TPSA) is 75.4 Å². The highest BCUT2D eigenvalue weighted by Crippen LogP contribution is 2.30. The maximum Gasteiger partial charge on any atom is 0.416 e. The Morgan fingerprint density at radius 2 is 1.85 bits per heavy atom. The highest BCUT2D eigenvalue weighted by Gasteiger charge is 2.30. The summed E-state index contributed by atoms with van der Waals surface area (Å²) in [4.78, 5) is 11.0. The first-order valence-electron chi connectivity index (χ1n) is 8.64. The van der Waals surface area contributed by atoms with Crippen molar-refractivity contribution in [3.63, 3.8) is 0 Å². The van der Waals surface area contributed by atoms with Crippen LogP contribution in [0.15, 0.2) is 48.5 Å². The van der Waals surface area contributed by atoms with Crippen LogP contribution in [-0.4, -0.2) is 23.6 Å². The molecule has 2 aromatic rings. The number of halogens is 3. The number of nitrogens with one attached hydrogen (secondary N) is 1. The second kappa shape index (κ2) is 9.01. The molecule has 0 heterocycles. The SMILES string of the molecule is C[C@H](CCc1ccc(C(N)=O)cc1)NC[C@H](O)c1cccc(C(F)(F)F)c1. The Balaban J connectivity index is 1.82. The van der Waals surface area contributed by atoms with Crippen molar-refractivity contribution >= 4 is 5.91 Å². The highest BCUT2D eigenvalue weighted by molar-refractivity contribution is 5.92. The number of rotatable bonds is 8. The van der Waals surface area contributed by atoms with Gasteiger partial charge in [0, 0.05) is 18.2 Å². The van der Waals surface area contributed by atoms with Crippen molar-refractivity contribution in [1.29, 1.82) is 0 Å². The Morgan fingerprint density at radius 3 is 2.44 bits per heavy atom. The van der Waals surface area contributed by atoms with E-state index in [0.29, 0.717) is 5.56 Å². The number of aliphatic hydroxyl groups is 1. The minimum atomic E-state index is -4.43. The Hall–Kier alpha value is -2.38. The van der Waals surface area contributed by atoms with Crippen molar-refractivity contribution in [2.24, 2.45) is 5.73 Å². The monoisotopic (exact) mass is 380 g/mol. The highest BCUT2D eigenvalue weighted by atomic mass is 19.4. The van der Waals surface area contributed by atoms with E-state index in [4.69, 9.17) is 5.73 Å². The lowest BCUT2D eigenvalue weighted by Crippen LogP contribution is -2.30. The van der Waals surface area contributed by atoms with E-state index in [1.54, 1.807) is 12.1 Å². The number of hydrogen-bond donors (Lipinski definition) is 3. The number of carbonyl (C=O) groups is 1. The van der Waals surface area contributed by atoms with Crippen LogP contribution in [0.1, 0.15) is 46.5 Å². The van der Waals surface area contributed by atoms with Gasteiger partial charge in [0.25, 0.3) is 0 Å². The van der Waals surface area contributed by atoms with Gasteiger partial charge in [0.1, 0.15) is 0 Å². The fourth-order valence-electron chi connectivity index (χ4n) is 2.67. The quantitative estimate of drug-likeness (QED) is 0.657. The minimum Gasteiger partial charge on any atom is -0.387 e. The third-order valence-corrected chi connectivity index (χ3v) is 4.36. The molecule has 0 aliphatic rings.